The van der Waals surface area contributed by atoms with Crippen molar-refractivity contribution in [2.24, 2.45) is 11.8 Å². The first kappa shape index (κ1) is 11.2. The number of carbonyl (C=O) groups is 1. The van der Waals surface area contributed by atoms with Gasteiger partial charge in [-0.25, -0.2) is 0 Å². The smallest absolute Gasteiger partial charge is 0.225 e. The summed E-state index contributed by atoms with van der Waals surface area (Å²) in [6.07, 6.45) is 0. The van der Waals surface area contributed by atoms with E-state index >= 15 is 0 Å². The largest absolute Gasteiger partial charge is 0.342 e. The molecule has 3 nitrogen and oxygen atoms in total. The summed E-state index contributed by atoms with van der Waals surface area (Å²) in [5, 5.41) is 3.19. The molecule has 1 rings (SSSR count). The first-order valence-electron chi connectivity index (χ1n) is 5.12. The van der Waals surface area contributed by atoms with Crippen molar-refractivity contribution in [2.75, 3.05) is 26.7 Å². The number of hydrogen-bond acceptors (Lipinski definition) is 2. The second-order valence-corrected chi connectivity index (χ2v) is 4.36. The maximum atomic E-state index is 11.9. The zero-order valence-corrected chi connectivity index (χ0v) is 9.34. The molecule has 1 atom stereocenters. The van der Waals surface area contributed by atoms with E-state index in [1.807, 2.05) is 20.9 Å². The average Bonchev–Trinajstić information content (AvgIpc) is 1.98. The van der Waals surface area contributed by atoms with Crippen LogP contribution in [0.25, 0.3) is 0 Å². The molecule has 1 saturated heterocycles. The van der Waals surface area contributed by atoms with E-state index < -0.39 is 0 Å². The van der Waals surface area contributed by atoms with Crippen LogP contribution in [0.4, 0.5) is 0 Å². The van der Waals surface area contributed by atoms with Crippen molar-refractivity contribution in [3.8, 4) is 0 Å². The van der Waals surface area contributed by atoms with E-state index in [0.717, 1.165) is 18.7 Å². The van der Waals surface area contributed by atoms with Gasteiger partial charge in [0.15, 0.2) is 0 Å². The highest BCUT2D eigenvalue weighted by atomic mass is 16.2. The van der Waals surface area contributed by atoms with Gasteiger partial charge in [-0.05, 0) is 25.9 Å². The van der Waals surface area contributed by atoms with Gasteiger partial charge in [-0.3, -0.25) is 4.79 Å². The fourth-order valence-electron chi connectivity index (χ4n) is 1.70. The monoisotopic (exact) mass is 196 g/mol. The lowest BCUT2D eigenvalue weighted by molar-refractivity contribution is -0.135. The van der Waals surface area contributed by atoms with E-state index in [0.29, 0.717) is 12.5 Å². The van der Waals surface area contributed by atoms with Crippen LogP contribution in [0.15, 0.2) is 12.2 Å². The third-order valence-corrected chi connectivity index (χ3v) is 2.79. The van der Waals surface area contributed by atoms with E-state index in [-0.39, 0.29) is 11.8 Å². The van der Waals surface area contributed by atoms with Crippen LogP contribution < -0.4 is 5.32 Å². The van der Waals surface area contributed by atoms with Gasteiger partial charge < -0.3 is 10.2 Å². The van der Waals surface area contributed by atoms with Crippen molar-refractivity contribution >= 4 is 5.91 Å². The minimum atomic E-state index is 0.139. The summed E-state index contributed by atoms with van der Waals surface area (Å²) in [5.74, 6) is 0.898. The topological polar surface area (TPSA) is 32.3 Å². The summed E-state index contributed by atoms with van der Waals surface area (Å²) in [5.41, 5.74) is 1.03. The maximum Gasteiger partial charge on any atom is 0.225 e. The van der Waals surface area contributed by atoms with Crippen LogP contribution in [-0.4, -0.2) is 37.5 Å². The molecule has 1 unspecified atom stereocenters. The molecule has 0 aliphatic carbocycles. The molecule has 80 valence electrons. The van der Waals surface area contributed by atoms with E-state index in [2.05, 4.69) is 11.9 Å². The first-order chi connectivity index (χ1) is 6.52. The zero-order valence-electron chi connectivity index (χ0n) is 9.34. The first-order valence-corrected chi connectivity index (χ1v) is 5.12. The van der Waals surface area contributed by atoms with Crippen LogP contribution in [-0.2, 0) is 4.79 Å². The summed E-state index contributed by atoms with van der Waals surface area (Å²) < 4.78 is 0. The van der Waals surface area contributed by atoms with Crippen LogP contribution >= 0.6 is 0 Å². The lowest BCUT2D eigenvalue weighted by Gasteiger charge is -2.34. The van der Waals surface area contributed by atoms with Gasteiger partial charge in [-0.2, -0.15) is 0 Å². The lowest BCUT2D eigenvalue weighted by Crippen LogP contribution is -2.50. The molecule has 0 radical (unpaired) electrons. The van der Waals surface area contributed by atoms with Gasteiger partial charge in [0.1, 0.15) is 0 Å². The molecule has 1 N–H and O–H groups in total. The number of hydrogen-bond donors (Lipinski definition) is 1. The van der Waals surface area contributed by atoms with Crippen molar-refractivity contribution in [3.05, 3.63) is 12.2 Å². The van der Waals surface area contributed by atoms with Gasteiger partial charge in [-0.15, -0.1) is 0 Å². The number of nitrogens with zero attached hydrogens (tertiary/aromatic N) is 1. The van der Waals surface area contributed by atoms with Crippen LogP contribution in [0.3, 0.4) is 0 Å². The number of carbonyl (C=O) groups excluding carboxylic acids is 1. The van der Waals surface area contributed by atoms with Gasteiger partial charge in [0.25, 0.3) is 0 Å². The van der Waals surface area contributed by atoms with E-state index in [9.17, 15) is 4.79 Å². The standard InChI is InChI=1S/C11H20N2O/c1-8(2)7-13(4)11(14)9(3)10-5-12-6-10/h9-10,12H,1,5-7H2,2-4H3. The molecule has 3 heteroatoms. The molecular weight excluding hydrogens is 176 g/mol. The molecule has 14 heavy (non-hydrogen) atoms. The number of nitrogens with one attached hydrogen (secondary N) is 1. The average molecular weight is 196 g/mol. The second kappa shape index (κ2) is 4.60. The summed E-state index contributed by atoms with van der Waals surface area (Å²) in [6, 6.07) is 0. The van der Waals surface area contributed by atoms with Gasteiger partial charge in [0, 0.05) is 19.5 Å². The van der Waals surface area contributed by atoms with Crippen LogP contribution in [0.2, 0.25) is 0 Å². The van der Waals surface area contributed by atoms with Crippen molar-refractivity contribution in [3.63, 3.8) is 0 Å². The third-order valence-electron chi connectivity index (χ3n) is 2.79. The van der Waals surface area contributed by atoms with Crippen LogP contribution in [0.5, 0.6) is 0 Å². The number of rotatable bonds is 4. The van der Waals surface area contributed by atoms with Crippen molar-refractivity contribution in [2.45, 2.75) is 13.8 Å². The summed E-state index contributed by atoms with van der Waals surface area (Å²) >= 11 is 0. The minimum Gasteiger partial charge on any atom is -0.342 e. The molecule has 0 bridgehead atoms. The summed E-state index contributed by atoms with van der Waals surface area (Å²) in [4.78, 5) is 13.6. The molecule has 0 aromatic heterocycles. The van der Waals surface area contributed by atoms with Gasteiger partial charge in [0.05, 0.1) is 0 Å². The van der Waals surface area contributed by atoms with Gasteiger partial charge in [0.2, 0.25) is 5.91 Å². The Kier molecular flexibility index (Phi) is 3.69. The predicted octanol–water partition coefficient (Wildman–Crippen LogP) is 0.876. The normalized spacial score (nSPS) is 18.5. The van der Waals surface area contributed by atoms with Crippen molar-refractivity contribution < 1.29 is 4.79 Å². The Bertz CT molecular complexity index is 233. The highest BCUT2D eigenvalue weighted by Gasteiger charge is 2.30. The molecule has 1 aliphatic rings. The Morgan fingerprint density at radius 2 is 2.21 bits per heavy atom. The van der Waals surface area contributed by atoms with E-state index in [1.54, 1.807) is 4.90 Å². The molecular formula is C11H20N2O. The quantitative estimate of drug-likeness (QED) is 0.677. The maximum absolute atomic E-state index is 11.9. The van der Waals surface area contributed by atoms with Crippen molar-refractivity contribution in [1.29, 1.82) is 0 Å². The third kappa shape index (κ3) is 2.58. The fourth-order valence-corrected chi connectivity index (χ4v) is 1.70. The fraction of sp³-hybridized carbons (Fsp3) is 0.727. The molecule has 1 amide bonds. The second-order valence-electron chi connectivity index (χ2n) is 4.36. The molecule has 0 spiro atoms. The Labute approximate surface area is 86.2 Å². The number of amides is 1. The molecule has 1 heterocycles. The molecule has 0 saturated carbocycles. The molecule has 0 aromatic carbocycles. The van der Waals surface area contributed by atoms with E-state index in [4.69, 9.17) is 0 Å². The zero-order chi connectivity index (χ0) is 10.7. The Morgan fingerprint density at radius 3 is 2.57 bits per heavy atom. The number of likely N-dealkylation sites (N-methyl/N-ethyl adjacent to an activating group) is 1. The van der Waals surface area contributed by atoms with Crippen LogP contribution in [0, 0.1) is 11.8 Å². The van der Waals surface area contributed by atoms with Crippen LogP contribution in [0.1, 0.15) is 13.8 Å². The summed E-state index contributed by atoms with van der Waals surface area (Å²) in [7, 11) is 1.85. The molecule has 0 aromatic rings. The summed E-state index contributed by atoms with van der Waals surface area (Å²) in [6.45, 7) is 10.4. The van der Waals surface area contributed by atoms with Crippen molar-refractivity contribution in [1.82, 2.24) is 10.2 Å². The van der Waals surface area contributed by atoms with Gasteiger partial charge in [-0.1, -0.05) is 19.1 Å². The van der Waals surface area contributed by atoms with E-state index in [1.165, 1.54) is 0 Å². The predicted molar refractivity (Wildman–Crippen MR) is 58.0 cm³/mol. The Hall–Kier alpha value is -0.830. The highest BCUT2D eigenvalue weighted by Crippen LogP contribution is 2.18. The minimum absolute atomic E-state index is 0.139. The molecule has 1 aliphatic heterocycles. The Morgan fingerprint density at radius 1 is 1.64 bits per heavy atom. The highest BCUT2D eigenvalue weighted by molar-refractivity contribution is 5.79. The van der Waals surface area contributed by atoms with Gasteiger partial charge >= 0.3 is 0 Å². The Balaban J connectivity index is 2.42. The lowest BCUT2D eigenvalue weighted by atomic mass is 9.88. The molecule has 1 fully saturated rings. The SMILES string of the molecule is C=C(C)CN(C)C(=O)C(C)C1CNC1.